The summed E-state index contributed by atoms with van der Waals surface area (Å²) in [4.78, 5) is 25.2. The lowest BCUT2D eigenvalue weighted by molar-refractivity contribution is -0.115. The number of alkyl halides is 1. The molecule has 0 aliphatic carbocycles. The minimum atomic E-state index is -0.600. The molecule has 4 nitrogen and oxygen atoms in total. The lowest BCUT2D eigenvalue weighted by Crippen LogP contribution is -2.40. The standard InChI is InChI=1S/C15H20BrNO3/c1-11-5-7-12(8-6-11)17(10-13(18)9-16)14(19)20-15(2,3)4/h5-8H,9-10H2,1-4H3. The van der Waals surface area contributed by atoms with Crippen LogP contribution in [-0.2, 0) is 9.53 Å². The van der Waals surface area contributed by atoms with Crippen LogP contribution in [0.1, 0.15) is 26.3 Å². The van der Waals surface area contributed by atoms with Crippen LogP contribution in [0.2, 0.25) is 0 Å². The van der Waals surface area contributed by atoms with Crippen molar-refractivity contribution in [2.24, 2.45) is 0 Å². The molecule has 20 heavy (non-hydrogen) atoms. The minimum absolute atomic E-state index is 0.0107. The second kappa shape index (κ2) is 6.88. The highest BCUT2D eigenvalue weighted by Gasteiger charge is 2.24. The lowest BCUT2D eigenvalue weighted by Gasteiger charge is -2.27. The Morgan fingerprint density at radius 3 is 2.20 bits per heavy atom. The third-order valence-electron chi connectivity index (χ3n) is 2.44. The Kier molecular flexibility index (Phi) is 5.74. The van der Waals surface area contributed by atoms with Gasteiger partial charge < -0.3 is 4.74 Å². The van der Waals surface area contributed by atoms with Crippen LogP contribution in [0.5, 0.6) is 0 Å². The first-order valence-corrected chi connectivity index (χ1v) is 7.50. The molecular formula is C15H20BrNO3. The summed E-state index contributed by atoms with van der Waals surface area (Å²) >= 11 is 3.11. The largest absolute Gasteiger partial charge is 0.443 e. The Morgan fingerprint density at radius 2 is 1.75 bits per heavy atom. The van der Waals surface area contributed by atoms with Crippen molar-refractivity contribution in [2.75, 3.05) is 16.8 Å². The average Bonchev–Trinajstić information content (AvgIpc) is 2.34. The minimum Gasteiger partial charge on any atom is -0.443 e. The fraction of sp³-hybridized carbons (Fsp3) is 0.467. The zero-order valence-corrected chi connectivity index (χ0v) is 13.9. The third-order valence-corrected chi connectivity index (χ3v) is 3.07. The van der Waals surface area contributed by atoms with Crippen LogP contribution in [0.4, 0.5) is 10.5 Å². The molecule has 1 amide bonds. The molecule has 0 aromatic heterocycles. The molecule has 0 fully saturated rings. The maximum atomic E-state index is 12.2. The van der Waals surface area contributed by atoms with Crippen molar-refractivity contribution in [3.63, 3.8) is 0 Å². The van der Waals surface area contributed by atoms with Crippen LogP contribution < -0.4 is 4.90 Å². The molecule has 0 heterocycles. The van der Waals surface area contributed by atoms with Crippen molar-refractivity contribution in [3.8, 4) is 0 Å². The van der Waals surface area contributed by atoms with Crippen molar-refractivity contribution in [3.05, 3.63) is 29.8 Å². The summed E-state index contributed by atoms with van der Waals surface area (Å²) in [6.45, 7) is 7.34. The predicted molar refractivity (Wildman–Crippen MR) is 83.6 cm³/mol. The third kappa shape index (κ3) is 5.33. The monoisotopic (exact) mass is 341 g/mol. The maximum absolute atomic E-state index is 12.2. The number of ketones is 1. The van der Waals surface area contributed by atoms with Gasteiger partial charge in [0.2, 0.25) is 0 Å². The highest BCUT2D eigenvalue weighted by atomic mass is 79.9. The SMILES string of the molecule is Cc1ccc(N(CC(=O)CBr)C(=O)OC(C)(C)C)cc1. The molecule has 0 saturated heterocycles. The number of Topliss-reactive ketones (excluding diaryl/α,β-unsaturated/α-hetero) is 1. The molecule has 0 atom stereocenters. The summed E-state index contributed by atoms with van der Waals surface area (Å²) in [7, 11) is 0. The van der Waals surface area contributed by atoms with Crippen LogP contribution in [0.3, 0.4) is 0 Å². The first-order chi connectivity index (χ1) is 9.23. The highest BCUT2D eigenvalue weighted by Crippen LogP contribution is 2.19. The fourth-order valence-corrected chi connectivity index (χ4v) is 1.70. The number of anilines is 1. The number of hydrogen-bond donors (Lipinski definition) is 0. The maximum Gasteiger partial charge on any atom is 0.415 e. The van der Waals surface area contributed by atoms with Gasteiger partial charge in [0.25, 0.3) is 0 Å². The van der Waals surface area contributed by atoms with E-state index in [9.17, 15) is 9.59 Å². The van der Waals surface area contributed by atoms with Gasteiger partial charge in [0.1, 0.15) is 5.60 Å². The molecule has 1 aromatic carbocycles. The van der Waals surface area contributed by atoms with Crippen LogP contribution in [0, 0.1) is 6.92 Å². The van der Waals surface area contributed by atoms with Crippen molar-refractivity contribution >= 4 is 33.5 Å². The van der Waals surface area contributed by atoms with Crippen molar-refractivity contribution < 1.29 is 14.3 Å². The van der Waals surface area contributed by atoms with Gasteiger partial charge in [-0.05, 0) is 39.8 Å². The van der Waals surface area contributed by atoms with Crippen LogP contribution >= 0.6 is 15.9 Å². The summed E-state index contributed by atoms with van der Waals surface area (Å²) in [5, 5.41) is 0.207. The molecule has 0 saturated carbocycles. The van der Waals surface area contributed by atoms with E-state index in [2.05, 4.69) is 15.9 Å². The Hall–Kier alpha value is -1.36. The number of nitrogens with zero attached hydrogens (tertiary/aromatic N) is 1. The molecular weight excluding hydrogens is 322 g/mol. The van der Waals surface area contributed by atoms with Gasteiger partial charge >= 0.3 is 6.09 Å². The van der Waals surface area contributed by atoms with E-state index in [1.807, 2.05) is 19.1 Å². The van der Waals surface area contributed by atoms with Gasteiger partial charge in [-0.1, -0.05) is 33.6 Å². The Labute approximate surface area is 128 Å². The second-order valence-corrected chi connectivity index (χ2v) is 6.14. The lowest BCUT2D eigenvalue weighted by atomic mass is 10.2. The van der Waals surface area contributed by atoms with Crippen molar-refractivity contribution in [1.82, 2.24) is 0 Å². The number of carbonyl (C=O) groups is 2. The quantitative estimate of drug-likeness (QED) is 0.784. The first-order valence-electron chi connectivity index (χ1n) is 6.38. The predicted octanol–water partition coefficient (Wildman–Crippen LogP) is 3.70. The fourth-order valence-electron chi connectivity index (χ4n) is 1.52. The van der Waals surface area contributed by atoms with Gasteiger partial charge in [-0.15, -0.1) is 0 Å². The smallest absolute Gasteiger partial charge is 0.415 e. The average molecular weight is 342 g/mol. The van der Waals surface area contributed by atoms with E-state index in [1.165, 1.54) is 4.90 Å². The summed E-state index contributed by atoms with van der Waals surface area (Å²) in [5.74, 6) is -0.0866. The van der Waals surface area contributed by atoms with E-state index in [-0.39, 0.29) is 17.7 Å². The van der Waals surface area contributed by atoms with Gasteiger partial charge in [-0.25, -0.2) is 4.79 Å². The molecule has 110 valence electrons. The molecule has 1 aromatic rings. The summed E-state index contributed by atoms with van der Waals surface area (Å²) < 4.78 is 5.35. The number of rotatable bonds is 4. The molecule has 5 heteroatoms. The van der Waals surface area contributed by atoms with Crippen molar-refractivity contribution in [1.29, 1.82) is 0 Å². The van der Waals surface area contributed by atoms with Gasteiger partial charge in [0, 0.05) is 5.69 Å². The first kappa shape index (κ1) is 16.7. The normalized spacial score (nSPS) is 11.1. The van der Waals surface area contributed by atoms with Gasteiger partial charge in [0.05, 0.1) is 11.9 Å². The van der Waals surface area contributed by atoms with E-state index in [1.54, 1.807) is 32.9 Å². The van der Waals surface area contributed by atoms with Crippen LogP contribution in [0.15, 0.2) is 24.3 Å². The highest BCUT2D eigenvalue weighted by molar-refractivity contribution is 9.09. The summed E-state index contributed by atoms with van der Waals surface area (Å²) in [6.07, 6.45) is -0.518. The molecule has 0 unspecified atom stereocenters. The zero-order valence-electron chi connectivity index (χ0n) is 12.3. The summed E-state index contributed by atoms with van der Waals surface area (Å²) in [6, 6.07) is 7.40. The summed E-state index contributed by atoms with van der Waals surface area (Å²) in [5.41, 5.74) is 1.14. The van der Waals surface area contributed by atoms with E-state index >= 15 is 0 Å². The van der Waals surface area contributed by atoms with Crippen LogP contribution in [0.25, 0.3) is 0 Å². The van der Waals surface area contributed by atoms with Crippen molar-refractivity contribution in [2.45, 2.75) is 33.3 Å². The zero-order chi connectivity index (χ0) is 15.3. The van der Waals surface area contributed by atoms with Gasteiger partial charge in [-0.3, -0.25) is 9.69 Å². The van der Waals surface area contributed by atoms with E-state index in [4.69, 9.17) is 4.74 Å². The Bertz CT molecular complexity index is 477. The van der Waals surface area contributed by atoms with E-state index in [0.717, 1.165) is 5.56 Å². The molecule has 0 aliphatic rings. The second-order valence-electron chi connectivity index (χ2n) is 5.57. The molecule has 0 radical (unpaired) electrons. The van der Waals surface area contributed by atoms with E-state index < -0.39 is 11.7 Å². The molecule has 0 aliphatic heterocycles. The van der Waals surface area contributed by atoms with Crippen LogP contribution in [-0.4, -0.2) is 29.4 Å². The molecule has 0 spiro atoms. The molecule has 0 N–H and O–H groups in total. The Balaban J connectivity index is 2.98. The Morgan fingerprint density at radius 1 is 1.20 bits per heavy atom. The number of ether oxygens (including phenoxy) is 1. The number of amides is 1. The number of aryl methyl sites for hydroxylation is 1. The topological polar surface area (TPSA) is 46.6 Å². The number of carbonyl (C=O) groups excluding carboxylic acids is 2. The van der Waals surface area contributed by atoms with Gasteiger partial charge in [0.15, 0.2) is 5.78 Å². The number of hydrogen-bond acceptors (Lipinski definition) is 3. The van der Waals surface area contributed by atoms with Gasteiger partial charge in [-0.2, -0.15) is 0 Å². The molecule has 1 rings (SSSR count). The van der Waals surface area contributed by atoms with E-state index in [0.29, 0.717) is 5.69 Å². The number of halogens is 1. The number of benzene rings is 1. The molecule has 0 bridgehead atoms.